The van der Waals surface area contributed by atoms with Crippen LogP contribution in [0.25, 0.3) is 22.0 Å². The lowest BCUT2D eigenvalue weighted by Crippen LogP contribution is -1.98. The molecule has 0 aliphatic carbocycles. The van der Waals surface area contributed by atoms with E-state index in [-0.39, 0.29) is 0 Å². The molecule has 3 rings (SSSR count). The molecule has 0 aliphatic rings. The van der Waals surface area contributed by atoms with Crippen LogP contribution in [0.3, 0.4) is 0 Å². The van der Waals surface area contributed by atoms with Gasteiger partial charge in [-0.05, 0) is 16.8 Å². The van der Waals surface area contributed by atoms with Crippen LogP contribution in [0.4, 0.5) is 5.82 Å². The topological polar surface area (TPSA) is 64.7 Å². The SMILES string of the molecule is Nc1ncnnc1-c1ccc2ccccc2c1. The monoisotopic (exact) mass is 222 g/mol. The highest BCUT2D eigenvalue weighted by molar-refractivity contribution is 5.87. The summed E-state index contributed by atoms with van der Waals surface area (Å²) in [5.41, 5.74) is 7.34. The summed E-state index contributed by atoms with van der Waals surface area (Å²) < 4.78 is 0. The van der Waals surface area contributed by atoms with Crippen molar-refractivity contribution in [2.24, 2.45) is 0 Å². The van der Waals surface area contributed by atoms with Gasteiger partial charge in [0.25, 0.3) is 0 Å². The second-order valence-electron chi connectivity index (χ2n) is 3.76. The first-order chi connectivity index (χ1) is 8.34. The quantitative estimate of drug-likeness (QED) is 0.686. The fraction of sp³-hybridized carbons (Fsp3) is 0. The fourth-order valence-electron chi connectivity index (χ4n) is 1.83. The van der Waals surface area contributed by atoms with Crippen LogP contribution in [0.2, 0.25) is 0 Å². The van der Waals surface area contributed by atoms with Crippen LogP contribution in [-0.2, 0) is 0 Å². The van der Waals surface area contributed by atoms with Crippen molar-refractivity contribution in [1.29, 1.82) is 0 Å². The van der Waals surface area contributed by atoms with Gasteiger partial charge in [-0.1, -0.05) is 36.4 Å². The minimum absolute atomic E-state index is 0.398. The molecule has 3 aromatic rings. The van der Waals surface area contributed by atoms with Crippen molar-refractivity contribution < 1.29 is 0 Å². The van der Waals surface area contributed by atoms with Crippen molar-refractivity contribution >= 4 is 16.6 Å². The van der Waals surface area contributed by atoms with Gasteiger partial charge in [-0.15, -0.1) is 10.2 Å². The van der Waals surface area contributed by atoms with Gasteiger partial charge in [0.05, 0.1) is 0 Å². The maximum atomic E-state index is 5.78. The van der Waals surface area contributed by atoms with Crippen molar-refractivity contribution in [3.8, 4) is 11.3 Å². The molecule has 0 bridgehead atoms. The Morgan fingerprint density at radius 1 is 0.941 bits per heavy atom. The predicted molar refractivity (Wildman–Crippen MR) is 67.2 cm³/mol. The van der Waals surface area contributed by atoms with Crippen molar-refractivity contribution in [1.82, 2.24) is 15.2 Å². The molecular formula is C13H10N4. The Bertz CT molecular complexity index is 679. The van der Waals surface area contributed by atoms with Gasteiger partial charge >= 0.3 is 0 Å². The Morgan fingerprint density at radius 3 is 2.59 bits per heavy atom. The van der Waals surface area contributed by atoms with E-state index in [2.05, 4.69) is 27.3 Å². The van der Waals surface area contributed by atoms with E-state index >= 15 is 0 Å². The minimum Gasteiger partial charge on any atom is -0.382 e. The first kappa shape index (κ1) is 9.72. The van der Waals surface area contributed by atoms with E-state index in [0.29, 0.717) is 11.5 Å². The van der Waals surface area contributed by atoms with E-state index in [0.717, 1.165) is 10.9 Å². The van der Waals surface area contributed by atoms with E-state index in [1.165, 1.54) is 11.7 Å². The standard InChI is InChI=1S/C13H10N4/c14-13-12(17-16-8-15-13)11-6-5-9-3-1-2-4-10(9)7-11/h1-8H,(H2,14,15,16). The smallest absolute Gasteiger partial charge is 0.153 e. The maximum absolute atomic E-state index is 5.78. The first-order valence-electron chi connectivity index (χ1n) is 5.27. The van der Waals surface area contributed by atoms with Crippen LogP contribution in [0.1, 0.15) is 0 Å². The average molecular weight is 222 g/mol. The number of hydrogen-bond acceptors (Lipinski definition) is 4. The Morgan fingerprint density at radius 2 is 1.76 bits per heavy atom. The molecule has 0 radical (unpaired) electrons. The number of nitrogens with two attached hydrogens (primary N) is 1. The lowest BCUT2D eigenvalue weighted by molar-refractivity contribution is 0.983. The van der Waals surface area contributed by atoms with Crippen LogP contribution >= 0.6 is 0 Å². The summed E-state index contributed by atoms with van der Waals surface area (Å²) >= 11 is 0. The van der Waals surface area contributed by atoms with Crippen LogP contribution in [0, 0.1) is 0 Å². The molecule has 2 N–H and O–H groups in total. The Balaban J connectivity index is 2.22. The molecule has 1 aromatic heterocycles. The van der Waals surface area contributed by atoms with Gasteiger partial charge in [0.15, 0.2) is 5.82 Å². The number of nitrogen functional groups attached to an aromatic ring is 1. The third kappa shape index (κ3) is 1.69. The predicted octanol–water partition coefficient (Wildman–Crippen LogP) is 2.27. The second-order valence-corrected chi connectivity index (χ2v) is 3.76. The molecule has 0 unspecified atom stereocenters. The molecule has 0 amide bonds. The van der Waals surface area contributed by atoms with E-state index in [4.69, 9.17) is 5.73 Å². The van der Waals surface area contributed by atoms with Crippen LogP contribution in [0.5, 0.6) is 0 Å². The van der Waals surface area contributed by atoms with Gasteiger partial charge in [-0.2, -0.15) is 0 Å². The molecule has 0 spiro atoms. The number of rotatable bonds is 1. The zero-order chi connectivity index (χ0) is 11.7. The zero-order valence-electron chi connectivity index (χ0n) is 9.04. The highest BCUT2D eigenvalue weighted by Gasteiger charge is 2.05. The molecule has 0 aliphatic heterocycles. The van der Waals surface area contributed by atoms with Gasteiger partial charge in [-0.3, -0.25) is 0 Å². The molecular weight excluding hydrogens is 212 g/mol. The second kappa shape index (κ2) is 3.83. The van der Waals surface area contributed by atoms with E-state index in [1.54, 1.807) is 0 Å². The molecule has 2 aromatic carbocycles. The molecule has 82 valence electrons. The van der Waals surface area contributed by atoms with Crippen LogP contribution < -0.4 is 5.73 Å². The summed E-state index contributed by atoms with van der Waals surface area (Å²) in [4.78, 5) is 3.94. The van der Waals surface area contributed by atoms with Crippen molar-refractivity contribution in [3.05, 3.63) is 48.8 Å². The minimum atomic E-state index is 0.398. The summed E-state index contributed by atoms with van der Waals surface area (Å²) in [6, 6.07) is 14.2. The Hall–Kier alpha value is -2.49. The van der Waals surface area contributed by atoms with E-state index in [1.807, 2.05) is 30.3 Å². The summed E-state index contributed by atoms with van der Waals surface area (Å²) in [6.07, 6.45) is 1.35. The number of fused-ring (bicyclic) bond motifs is 1. The highest BCUT2D eigenvalue weighted by Crippen LogP contribution is 2.24. The number of aromatic nitrogens is 3. The van der Waals surface area contributed by atoms with Crippen molar-refractivity contribution in [2.45, 2.75) is 0 Å². The summed E-state index contributed by atoms with van der Waals surface area (Å²) in [5, 5.41) is 10.1. The normalized spacial score (nSPS) is 10.6. The largest absolute Gasteiger partial charge is 0.382 e. The van der Waals surface area contributed by atoms with E-state index in [9.17, 15) is 0 Å². The third-order valence-corrected chi connectivity index (χ3v) is 2.67. The number of hydrogen-bond donors (Lipinski definition) is 1. The van der Waals surface area contributed by atoms with Gasteiger partial charge in [-0.25, -0.2) is 4.98 Å². The van der Waals surface area contributed by atoms with Crippen LogP contribution in [0.15, 0.2) is 48.8 Å². The number of nitrogens with zero attached hydrogens (tertiary/aromatic N) is 3. The first-order valence-corrected chi connectivity index (χ1v) is 5.27. The van der Waals surface area contributed by atoms with Gasteiger partial charge in [0, 0.05) is 5.56 Å². The lowest BCUT2D eigenvalue weighted by atomic mass is 10.1. The third-order valence-electron chi connectivity index (χ3n) is 2.67. The van der Waals surface area contributed by atoms with Crippen molar-refractivity contribution in [2.75, 3.05) is 5.73 Å². The molecule has 4 nitrogen and oxygen atoms in total. The van der Waals surface area contributed by atoms with Crippen LogP contribution in [-0.4, -0.2) is 15.2 Å². The maximum Gasteiger partial charge on any atom is 0.153 e. The molecule has 1 heterocycles. The van der Waals surface area contributed by atoms with E-state index < -0.39 is 0 Å². The van der Waals surface area contributed by atoms with Gasteiger partial charge in [0.2, 0.25) is 0 Å². The fourth-order valence-corrected chi connectivity index (χ4v) is 1.83. The van der Waals surface area contributed by atoms with Gasteiger partial charge in [0.1, 0.15) is 12.0 Å². The van der Waals surface area contributed by atoms with Gasteiger partial charge < -0.3 is 5.73 Å². The Labute approximate surface area is 98.1 Å². The molecule has 17 heavy (non-hydrogen) atoms. The molecule has 0 saturated carbocycles. The molecule has 0 saturated heterocycles. The molecule has 0 fully saturated rings. The van der Waals surface area contributed by atoms with Crippen molar-refractivity contribution in [3.63, 3.8) is 0 Å². The Kier molecular flexibility index (Phi) is 2.19. The highest BCUT2D eigenvalue weighted by atomic mass is 15.1. The summed E-state index contributed by atoms with van der Waals surface area (Å²) in [7, 11) is 0. The molecule has 0 atom stereocenters. The average Bonchev–Trinajstić information content (AvgIpc) is 2.39. The molecule has 4 heteroatoms. The number of benzene rings is 2. The number of anilines is 1. The zero-order valence-corrected chi connectivity index (χ0v) is 9.04. The lowest BCUT2D eigenvalue weighted by Gasteiger charge is -2.04. The summed E-state index contributed by atoms with van der Waals surface area (Å²) in [6.45, 7) is 0. The summed E-state index contributed by atoms with van der Waals surface area (Å²) in [5.74, 6) is 0.398.